The molecule has 0 heterocycles. The number of fused-ring (bicyclic) bond motifs is 1. The Kier molecular flexibility index (Phi) is 5.61. The zero-order chi connectivity index (χ0) is 23.7. The Morgan fingerprint density at radius 2 is 1.26 bits per heavy atom. The monoisotopic (exact) mass is 446 g/mol. The van der Waals surface area contributed by atoms with Crippen LogP contribution in [0.4, 0.5) is 0 Å². The Morgan fingerprint density at radius 1 is 0.706 bits per heavy atom. The summed E-state index contributed by atoms with van der Waals surface area (Å²) in [5, 5.41) is 11.7. The molecule has 2 atom stereocenters. The molecule has 4 aromatic carbocycles. The number of carbonyl (C=O) groups excluding carboxylic acids is 1. The molecule has 1 saturated carbocycles. The molecule has 4 aromatic rings. The van der Waals surface area contributed by atoms with Crippen LogP contribution in [0, 0.1) is 24.2 Å². The second-order valence-electron chi connectivity index (χ2n) is 8.49. The van der Waals surface area contributed by atoms with Gasteiger partial charge in [0.25, 0.3) is 0 Å². The summed E-state index contributed by atoms with van der Waals surface area (Å²) < 4.78 is 5.96. The SMILES string of the molecule is C#Cc1cccc2c(OC(=O)C3[C@@H](c4ccccc4)C(C(=O)O)[C@@H]3c3ccccc3)cccc12. The van der Waals surface area contributed by atoms with Crippen LogP contribution >= 0.6 is 0 Å². The number of esters is 1. The zero-order valence-corrected chi connectivity index (χ0v) is 18.3. The van der Waals surface area contributed by atoms with Crippen molar-refractivity contribution in [3.63, 3.8) is 0 Å². The Labute approximate surface area is 197 Å². The molecule has 166 valence electrons. The second kappa shape index (κ2) is 8.88. The highest BCUT2D eigenvalue weighted by atomic mass is 16.5. The van der Waals surface area contributed by atoms with Crippen molar-refractivity contribution in [2.24, 2.45) is 11.8 Å². The van der Waals surface area contributed by atoms with Crippen molar-refractivity contribution in [1.82, 2.24) is 0 Å². The van der Waals surface area contributed by atoms with Crippen LogP contribution in [0.25, 0.3) is 10.8 Å². The fraction of sp³-hybridized carbons (Fsp3) is 0.133. The van der Waals surface area contributed by atoms with Gasteiger partial charge in [-0.15, -0.1) is 6.42 Å². The fourth-order valence-corrected chi connectivity index (χ4v) is 5.20. The molecule has 1 fully saturated rings. The maximum absolute atomic E-state index is 13.7. The number of hydrogen-bond acceptors (Lipinski definition) is 3. The van der Waals surface area contributed by atoms with Gasteiger partial charge in [0.05, 0.1) is 11.8 Å². The van der Waals surface area contributed by atoms with E-state index in [2.05, 4.69) is 5.92 Å². The van der Waals surface area contributed by atoms with E-state index in [1.807, 2.05) is 84.9 Å². The van der Waals surface area contributed by atoms with Crippen molar-refractivity contribution in [3.8, 4) is 18.1 Å². The molecule has 0 amide bonds. The van der Waals surface area contributed by atoms with Crippen LogP contribution in [0.15, 0.2) is 97.1 Å². The highest BCUT2D eigenvalue weighted by molar-refractivity contribution is 5.95. The van der Waals surface area contributed by atoms with Gasteiger partial charge in [0.15, 0.2) is 0 Å². The molecule has 0 saturated heterocycles. The van der Waals surface area contributed by atoms with Gasteiger partial charge < -0.3 is 9.84 Å². The molecule has 0 bridgehead atoms. The van der Waals surface area contributed by atoms with E-state index in [0.29, 0.717) is 11.3 Å². The average Bonchev–Trinajstić information content (AvgIpc) is 2.84. The quantitative estimate of drug-likeness (QED) is 0.245. The standard InChI is InChI=1S/C30H22O4/c1-2-19-15-9-17-23-22(19)16-10-18-24(23)34-30(33)28-25(20-11-5-3-6-12-20)27(29(31)32)26(28)21-13-7-4-8-14-21/h1,3-18,25-28H,(H,31,32)/t25-,26-,27?,28?/m0/s1. The van der Waals surface area contributed by atoms with Crippen molar-refractivity contribution >= 4 is 22.7 Å². The Balaban J connectivity index is 1.57. The smallest absolute Gasteiger partial charge is 0.315 e. The van der Waals surface area contributed by atoms with E-state index in [1.165, 1.54) is 0 Å². The third kappa shape index (κ3) is 3.62. The van der Waals surface area contributed by atoms with E-state index in [1.54, 1.807) is 12.1 Å². The summed E-state index contributed by atoms with van der Waals surface area (Å²) in [5.74, 6) is -0.648. The lowest BCUT2D eigenvalue weighted by Crippen LogP contribution is -2.52. The van der Waals surface area contributed by atoms with E-state index in [4.69, 9.17) is 11.2 Å². The molecule has 4 heteroatoms. The third-order valence-corrected chi connectivity index (χ3v) is 6.72. The Bertz CT molecular complexity index is 1350. The van der Waals surface area contributed by atoms with Gasteiger partial charge in [0.2, 0.25) is 0 Å². The van der Waals surface area contributed by atoms with Gasteiger partial charge in [0.1, 0.15) is 5.75 Å². The summed E-state index contributed by atoms with van der Waals surface area (Å²) in [5.41, 5.74) is 2.35. The summed E-state index contributed by atoms with van der Waals surface area (Å²) in [6.45, 7) is 0. The van der Waals surface area contributed by atoms with Crippen LogP contribution in [0.1, 0.15) is 28.5 Å². The summed E-state index contributed by atoms with van der Waals surface area (Å²) in [6.07, 6.45) is 5.64. The summed E-state index contributed by atoms with van der Waals surface area (Å²) in [6, 6.07) is 29.7. The number of rotatable bonds is 5. The molecule has 0 aromatic heterocycles. The minimum Gasteiger partial charge on any atom is -0.481 e. The van der Waals surface area contributed by atoms with Gasteiger partial charge in [-0.25, -0.2) is 0 Å². The third-order valence-electron chi connectivity index (χ3n) is 6.72. The van der Waals surface area contributed by atoms with E-state index in [-0.39, 0.29) is 0 Å². The highest BCUT2D eigenvalue weighted by Crippen LogP contribution is 2.58. The first kappa shape index (κ1) is 21.5. The van der Waals surface area contributed by atoms with Gasteiger partial charge in [-0.1, -0.05) is 90.8 Å². The lowest BCUT2D eigenvalue weighted by Gasteiger charge is -2.49. The minimum atomic E-state index is -0.921. The van der Waals surface area contributed by atoms with Crippen LogP contribution in [-0.2, 0) is 9.59 Å². The number of hydrogen-bond donors (Lipinski definition) is 1. The van der Waals surface area contributed by atoms with Gasteiger partial charge in [0, 0.05) is 28.2 Å². The first-order valence-corrected chi connectivity index (χ1v) is 11.1. The maximum atomic E-state index is 13.7. The normalized spacial score (nSPS) is 21.3. The molecule has 0 aliphatic heterocycles. The largest absolute Gasteiger partial charge is 0.481 e. The highest BCUT2D eigenvalue weighted by Gasteiger charge is 2.59. The lowest BCUT2D eigenvalue weighted by atomic mass is 9.52. The van der Waals surface area contributed by atoms with Crippen LogP contribution in [0.5, 0.6) is 5.75 Å². The molecule has 0 radical (unpaired) electrons. The molecule has 34 heavy (non-hydrogen) atoms. The topological polar surface area (TPSA) is 63.6 Å². The van der Waals surface area contributed by atoms with Gasteiger partial charge in [-0.05, 0) is 23.3 Å². The van der Waals surface area contributed by atoms with Gasteiger partial charge in [-0.2, -0.15) is 0 Å². The van der Waals surface area contributed by atoms with Crippen LogP contribution in [-0.4, -0.2) is 17.0 Å². The summed E-state index contributed by atoms with van der Waals surface area (Å²) in [4.78, 5) is 26.0. The molecular formula is C30H22O4. The van der Waals surface area contributed by atoms with Crippen molar-refractivity contribution in [2.45, 2.75) is 11.8 Å². The Morgan fingerprint density at radius 3 is 1.82 bits per heavy atom. The van der Waals surface area contributed by atoms with E-state index in [9.17, 15) is 14.7 Å². The number of carbonyl (C=O) groups is 2. The number of carboxylic acid groups (broad SMARTS) is 1. The molecule has 0 spiro atoms. The predicted molar refractivity (Wildman–Crippen MR) is 130 cm³/mol. The molecular weight excluding hydrogens is 424 g/mol. The predicted octanol–water partition coefficient (Wildman–Crippen LogP) is 5.62. The van der Waals surface area contributed by atoms with Gasteiger partial charge >= 0.3 is 11.9 Å². The number of terminal acetylenes is 1. The molecule has 4 nitrogen and oxygen atoms in total. The number of benzene rings is 4. The summed E-state index contributed by atoms with van der Waals surface area (Å²) in [7, 11) is 0. The molecule has 1 aliphatic rings. The van der Waals surface area contributed by atoms with Crippen LogP contribution in [0.2, 0.25) is 0 Å². The minimum absolute atomic E-state index is 0.414. The van der Waals surface area contributed by atoms with Crippen LogP contribution < -0.4 is 4.74 Å². The molecule has 0 unspecified atom stereocenters. The fourth-order valence-electron chi connectivity index (χ4n) is 5.20. The van der Waals surface area contributed by atoms with Gasteiger partial charge in [-0.3, -0.25) is 9.59 Å². The Hall–Kier alpha value is -4.36. The zero-order valence-electron chi connectivity index (χ0n) is 18.3. The number of carboxylic acids is 1. The van der Waals surface area contributed by atoms with E-state index >= 15 is 0 Å². The number of ether oxygens (including phenoxy) is 1. The second-order valence-corrected chi connectivity index (χ2v) is 8.49. The van der Waals surface area contributed by atoms with E-state index in [0.717, 1.165) is 21.9 Å². The first-order chi connectivity index (χ1) is 16.6. The molecule has 1 aliphatic carbocycles. The first-order valence-electron chi connectivity index (χ1n) is 11.1. The number of aliphatic carboxylic acids is 1. The van der Waals surface area contributed by atoms with E-state index < -0.39 is 35.6 Å². The molecule has 5 rings (SSSR count). The maximum Gasteiger partial charge on any atom is 0.315 e. The summed E-state index contributed by atoms with van der Waals surface area (Å²) >= 11 is 0. The average molecular weight is 447 g/mol. The van der Waals surface area contributed by atoms with Crippen molar-refractivity contribution in [2.75, 3.05) is 0 Å². The van der Waals surface area contributed by atoms with Crippen molar-refractivity contribution in [1.29, 1.82) is 0 Å². The lowest BCUT2D eigenvalue weighted by molar-refractivity contribution is -0.158. The van der Waals surface area contributed by atoms with Crippen molar-refractivity contribution in [3.05, 3.63) is 114 Å². The van der Waals surface area contributed by atoms with Crippen molar-refractivity contribution < 1.29 is 19.4 Å². The molecule has 1 N–H and O–H groups in total. The van der Waals surface area contributed by atoms with Crippen LogP contribution in [0.3, 0.4) is 0 Å².